The van der Waals surface area contributed by atoms with E-state index < -0.39 is 0 Å². The Morgan fingerprint density at radius 2 is 2.14 bits per heavy atom. The molecule has 1 saturated heterocycles. The van der Waals surface area contributed by atoms with E-state index in [0.29, 0.717) is 12.5 Å². The second kappa shape index (κ2) is 10.3. The van der Waals surface area contributed by atoms with Crippen molar-refractivity contribution in [1.29, 1.82) is 0 Å². The summed E-state index contributed by atoms with van der Waals surface area (Å²) in [6.07, 6.45) is 1.17. The Morgan fingerprint density at radius 3 is 2.77 bits per heavy atom. The number of nitrogens with zero attached hydrogens (tertiary/aromatic N) is 2. The van der Waals surface area contributed by atoms with Gasteiger partial charge in [0.15, 0.2) is 5.96 Å². The molecule has 2 rings (SSSR count). The van der Waals surface area contributed by atoms with Crippen molar-refractivity contribution in [2.75, 3.05) is 33.4 Å². The van der Waals surface area contributed by atoms with E-state index in [0.717, 1.165) is 37.2 Å². The van der Waals surface area contributed by atoms with Gasteiger partial charge in [0.1, 0.15) is 0 Å². The summed E-state index contributed by atoms with van der Waals surface area (Å²) in [4.78, 5) is 7.06. The molecule has 1 aromatic rings. The number of nitrogens with one attached hydrogen (secondary N) is 1. The van der Waals surface area contributed by atoms with Crippen molar-refractivity contribution in [3.8, 4) is 0 Å². The summed E-state index contributed by atoms with van der Waals surface area (Å²) in [7, 11) is 1.77. The molecule has 1 aliphatic rings. The summed E-state index contributed by atoms with van der Waals surface area (Å²) < 4.78 is 5.25. The maximum Gasteiger partial charge on any atom is 0.194 e. The summed E-state index contributed by atoms with van der Waals surface area (Å²) in [5.41, 5.74) is 1.17. The predicted molar refractivity (Wildman–Crippen MR) is 103 cm³/mol. The topological polar surface area (TPSA) is 36.9 Å². The van der Waals surface area contributed by atoms with Crippen LogP contribution in [0.1, 0.15) is 18.9 Å². The SMILES string of the molecule is CCNC(=NCc1ccc(Cl)cc1)N1CCC(COC)C1.I. The first kappa shape index (κ1) is 19.5. The normalized spacial score (nSPS) is 18.2. The lowest BCUT2D eigenvalue weighted by Gasteiger charge is -2.21. The molecule has 0 saturated carbocycles. The standard InChI is InChI=1S/C16H24ClN3O.HI/c1-3-18-16(20-9-8-14(11-20)12-21-2)19-10-13-4-6-15(17)7-5-13;/h4-7,14H,3,8-12H2,1-2H3,(H,18,19);1H. The lowest BCUT2D eigenvalue weighted by atomic mass is 10.1. The van der Waals surface area contributed by atoms with Gasteiger partial charge in [-0.3, -0.25) is 0 Å². The van der Waals surface area contributed by atoms with Crippen LogP contribution < -0.4 is 5.32 Å². The largest absolute Gasteiger partial charge is 0.384 e. The van der Waals surface area contributed by atoms with Gasteiger partial charge in [-0.1, -0.05) is 23.7 Å². The first-order valence-electron chi connectivity index (χ1n) is 7.49. The third-order valence-corrected chi connectivity index (χ3v) is 3.90. The monoisotopic (exact) mass is 437 g/mol. The average Bonchev–Trinajstić information content (AvgIpc) is 2.94. The first-order valence-corrected chi connectivity index (χ1v) is 7.87. The number of aliphatic imine (C=N–C) groups is 1. The molecule has 0 aliphatic carbocycles. The second-order valence-corrected chi connectivity index (χ2v) is 5.79. The molecule has 22 heavy (non-hydrogen) atoms. The zero-order valence-corrected chi connectivity index (χ0v) is 16.3. The van der Waals surface area contributed by atoms with Crippen LogP contribution in [0, 0.1) is 5.92 Å². The fourth-order valence-corrected chi connectivity index (χ4v) is 2.70. The van der Waals surface area contributed by atoms with E-state index in [4.69, 9.17) is 21.3 Å². The summed E-state index contributed by atoms with van der Waals surface area (Å²) in [5.74, 6) is 1.60. The number of guanidine groups is 1. The molecule has 1 atom stereocenters. The van der Waals surface area contributed by atoms with E-state index in [2.05, 4.69) is 17.1 Å². The molecule has 0 bridgehead atoms. The first-order chi connectivity index (χ1) is 10.2. The van der Waals surface area contributed by atoms with Gasteiger partial charge in [-0.05, 0) is 31.0 Å². The molecule has 0 aromatic heterocycles. The maximum atomic E-state index is 5.91. The number of ether oxygens (including phenoxy) is 1. The number of hydrogen-bond donors (Lipinski definition) is 1. The fourth-order valence-electron chi connectivity index (χ4n) is 2.58. The van der Waals surface area contributed by atoms with Crippen molar-refractivity contribution in [2.45, 2.75) is 19.9 Å². The lowest BCUT2D eigenvalue weighted by molar-refractivity contribution is 0.157. The minimum Gasteiger partial charge on any atom is -0.384 e. The van der Waals surface area contributed by atoms with Gasteiger partial charge in [0.05, 0.1) is 13.2 Å². The molecule has 124 valence electrons. The van der Waals surface area contributed by atoms with Gasteiger partial charge in [-0.25, -0.2) is 4.99 Å². The number of hydrogen-bond acceptors (Lipinski definition) is 2. The van der Waals surface area contributed by atoms with Crippen LogP contribution >= 0.6 is 35.6 Å². The minimum absolute atomic E-state index is 0. The summed E-state index contributed by atoms with van der Waals surface area (Å²) >= 11 is 5.91. The molecule has 1 heterocycles. The summed E-state index contributed by atoms with van der Waals surface area (Å²) in [6.45, 7) is 6.53. The van der Waals surface area contributed by atoms with Crippen LogP contribution in [0.4, 0.5) is 0 Å². The van der Waals surface area contributed by atoms with E-state index in [1.54, 1.807) is 7.11 Å². The number of benzene rings is 1. The fraction of sp³-hybridized carbons (Fsp3) is 0.562. The molecule has 0 radical (unpaired) electrons. The molecule has 4 nitrogen and oxygen atoms in total. The van der Waals surface area contributed by atoms with Gasteiger partial charge in [0, 0.05) is 37.7 Å². The molecular weight excluding hydrogens is 413 g/mol. The van der Waals surface area contributed by atoms with E-state index in [9.17, 15) is 0 Å². The van der Waals surface area contributed by atoms with Gasteiger partial charge in [-0.15, -0.1) is 24.0 Å². The highest BCUT2D eigenvalue weighted by atomic mass is 127. The number of halogens is 2. The average molecular weight is 438 g/mol. The van der Waals surface area contributed by atoms with Crippen LogP contribution in [0.25, 0.3) is 0 Å². The van der Waals surface area contributed by atoms with Crippen molar-refractivity contribution in [3.05, 3.63) is 34.9 Å². The Balaban J connectivity index is 0.00000242. The smallest absolute Gasteiger partial charge is 0.194 e. The van der Waals surface area contributed by atoms with Crippen LogP contribution in [0.3, 0.4) is 0 Å². The van der Waals surface area contributed by atoms with Crippen molar-refractivity contribution in [1.82, 2.24) is 10.2 Å². The summed E-state index contributed by atoms with van der Waals surface area (Å²) in [6, 6.07) is 7.85. The molecule has 1 aliphatic heterocycles. The third kappa shape index (κ3) is 5.93. The van der Waals surface area contributed by atoms with Crippen LogP contribution in [0.15, 0.2) is 29.3 Å². The Kier molecular flexibility index (Phi) is 9.12. The Morgan fingerprint density at radius 1 is 1.41 bits per heavy atom. The van der Waals surface area contributed by atoms with Gasteiger partial charge < -0.3 is 15.0 Å². The molecule has 1 N–H and O–H groups in total. The summed E-state index contributed by atoms with van der Waals surface area (Å²) in [5, 5.41) is 4.14. The van der Waals surface area contributed by atoms with Crippen LogP contribution in [-0.4, -0.2) is 44.2 Å². The van der Waals surface area contributed by atoms with Gasteiger partial charge >= 0.3 is 0 Å². The number of methoxy groups -OCH3 is 1. The quantitative estimate of drug-likeness (QED) is 0.436. The molecule has 0 spiro atoms. The zero-order chi connectivity index (χ0) is 15.1. The van der Waals surface area contributed by atoms with E-state index in [-0.39, 0.29) is 24.0 Å². The van der Waals surface area contributed by atoms with Gasteiger partial charge in [0.2, 0.25) is 0 Å². The highest BCUT2D eigenvalue weighted by Crippen LogP contribution is 2.17. The lowest BCUT2D eigenvalue weighted by Crippen LogP contribution is -2.40. The van der Waals surface area contributed by atoms with Crippen LogP contribution in [0.5, 0.6) is 0 Å². The second-order valence-electron chi connectivity index (χ2n) is 5.35. The third-order valence-electron chi connectivity index (χ3n) is 3.65. The molecular formula is C16H25ClIN3O. The van der Waals surface area contributed by atoms with Gasteiger partial charge in [0.25, 0.3) is 0 Å². The van der Waals surface area contributed by atoms with Crippen molar-refractivity contribution >= 4 is 41.5 Å². The van der Waals surface area contributed by atoms with Crippen LogP contribution in [0.2, 0.25) is 5.02 Å². The predicted octanol–water partition coefficient (Wildman–Crippen LogP) is 3.39. The molecule has 1 fully saturated rings. The van der Waals surface area contributed by atoms with E-state index in [1.165, 1.54) is 12.0 Å². The number of likely N-dealkylation sites (tertiary alicyclic amines) is 1. The zero-order valence-electron chi connectivity index (χ0n) is 13.2. The molecule has 1 aromatic carbocycles. The van der Waals surface area contributed by atoms with Crippen molar-refractivity contribution in [3.63, 3.8) is 0 Å². The molecule has 6 heteroatoms. The Hall–Kier alpha value is -0.530. The van der Waals surface area contributed by atoms with E-state index >= 15 is 0 Å². The van der Waals surface area contributed by atoms with Crippen molar-refractivity contribution in [2.24, 2.45) is 10.9 Å². The Bertz CT molecular complexity index is 467. The molecule has 1 unspecified atom stereocenters. The van der Waals surface area contributed by atoms with Crippen LogP contribution in [-0.2, 0) is 11.3 Å². The van der Waals surface area contributed by atoms with Gasteiger partial charge in [-0.2, -0.15) is 0 Å². The minimum atomic E-state index is 0. The van der Waals surface area contributed by atoms with E-state index in [1.807, 2.05) is 24.3 Å². The molecule has 0 amide bonds. The maximum absolute atomic E-state index is 5.91. The number of rotatable bonds is 5. The highest BCUT2D eigenvalue weighted by Gasteiger charge is 2.24. The Labute approximate surface area is 155 Å². The van der Waals surface area contributed by atoms with Crippen molar-refractivity contribution < 1.29 is 4.74 Å². The highest BCUT2D eigenvalue weighted by molar-refractivity contribution is 14.0.